The first-order valence-electron chi connectivity index (χ1n) is 8.78. The highest BCUT2D eigenvalue weighted by atomic mass is 32.1. The third-order valence-corrected chi connectivity index (χ3v) is 3.69. The summed E-state index contributed by atoms with van der Waals surface area (Å²) in [6.45, 7) is 4.89. The second kappa shape index (κ2) is 11.0. The van der Waals surface area contributed by atoms with Gasteiger partial charge < -0.3 is 20.1 Å². The number of hydrogen-bond acceptors (Lipinski definition) is 5. The molecule has 0 saturated heterocycles. The van der Waals surface area contributed by atoms with Crippen LogP contribution in [0.5, 0.6) is 5.75 Å². The summed E-state index contributed by atoms with van der Waals surface area (Å²) in [6, 6.07) is 13.8. The Morgan fingerprint density at radius 3 is 2.32 bits per heavy atom. The van der Waals surface area contributed by atoms with Crippen molar-refractivity contribution >= 4 is 40.5 Å². The Morgan fingerprint density at radius 2 is 1.68 bits per heavy atom. The van der Waals surface area contributed by atoms with Gasteiger partial charge in [0.05, 0.1) is 6.61 Å². The first kappa shape index (κ1) is 21.3. The van der Waals surface area contributed by atoms with Crippen molar-refractivity contribution in [2.75, 3.05) is 30.5 Å². The Balaban J connectivity index is 1.88. The number of hydrogen-bond donors (Lipinski definition) is 3. The van der Waals surface area contributed by atoms with Crippen LogP contribution in [0.15, 0.2) is 48.5 Å². The molecule has 0 aromatic heterocycles. The zero-order chi connectivity index (χ0) is 20.4. The Morgan fingerprint density at radius 1 is 1.00 bits per heavy atom. The van der Waals surface area contributed by atoms with E-state index in [9.17, 15) is 9.59 Å². The molecule has 2 amide bonds. The summed E-state index contributed by atoms with van der Waals surface area (Å²) >= 11 is 5.19. The summed E-state index contributed by atoms with van der Waals surface area (Å²) in [4.78, 5) is 23.4. The van der Waals surface area contributed by atoms with E-state index in [4.69, 9.17) is 21.7 Å². The maximum Gasteiger partial charge on any atom is 0.257 e. The van der Waals surface area contributed by atoms with Crippen LogP contribution in [0.25, 0.3) is 0 Å². The SMILES string of the molecule is CCOCCOc1cccc(C(=O)NC(=S)Nc2ccc(NC(C)=O)cc2)c1. The molecule has 148 valence electrons. The lowest BCUT2D eigenvalue weighted by Crippen LogP contribution is -2.34. The summed E-state index contributed by atoms with van der Waals surface area (Å²) in [6.07, 6.45) is 0. The average Bonchev–Trinajstić information content (AvgIpc) is 2.66. The van der Waals surface area contributed by atoms with Gasteiger partial charge in [-0.1, -0.05) is 6.07 Å². The van der Waals surface area contributed by atoms with Crippen LogP contribution in [0.2, 0.25) is 0 Å². The molecule has 0 fully saturated rings. The number of benzene rings is 2. The number of carbonyl (C=O) groups excluding carboxylic acids is 2. The number of rotatable bonds is 8. The van der Waals surface area contributed by atoms with E-state index in [2.05, 4.69) is 16.0 Å². The molecule has 0 aliphatic rings. The van der Waals surface area contributed by atoms with Crippen LogP contribution in [-0.2, 0) is 9.53 Å². The second-order valence-electron chi connectivity index (χ2n) is 5.74. The molecular weight excluding hydrogens is 378 g/mol. The molecule has 7 nitrogen and oxygen atoms in total. The predicted molar refractivity (Wildman–Crippen MR) is 113 cm³/mol. The van der Waals surface area contributed by atoms with Gasteiger partial charge in [-0.3, -0.25) is 14.9 Å². The van der Waals surface area contributed by atoms with Gasteiger partial charge >= 0.3 is 0 Å². The zero-order valence-electron chi connectivity index (χ0n) is 15.8. The first-order chi connectivity index (χ1) is 13.5. The molecule has 0 aliphatic carbocycles. The van der Waals surface area contributed by atoms with E-state index >= 15 is 0 Å². The molecule has 0 unspecified atom stereocenters. The molecule has 28 heavy (non-hydrogen) atoms. The molecule has 0 heterocycles. The molecule has 8 heteroatoms. The van der Waals surface area contributed by atoms with Crippen LogP contribution >= 0.6 is 12.2 Å². The van der Waals surface area contributed by atoms with Gasteiger partial charge in [-0.25, -0.2) is 0 Å². The van der Waals surface area contributed by atoms with Gasteiger partial charge in [-0.2, -0.15) is 0 Å². The predicted octanol–water partition coefficient (Wildman–Crippen LogP) is 3.19. The van der Waals surface area contributed by atoms with E-state index in [1.54, 1.807) is 48.5 Å². The lowest BCUT2D eigenvalue weighted by atomic mass is 10.2. The van der Waals surface area contributed by atoms with Gasteiger partial charge in [-0.15, -0.1) is 0 Å². The van der Waals surface area contributed by atoms with Crippen LogP contribution in [0.4, 0.5) is 11.4 Å². The molecule has 2 rings (SSSR count). The molecule has 2 aromatic rings. The molecule has 0 bridgehead atoms. The number of ether oxygens (including phenoxy) is 2. The maximum absolute atomic E-state index is 12.4. The summed E-state index contributed by atoms with van der Waals surface area (Å²) in [7, 11) is 0. The normalized spacial score (nSPS) is 10.1. The number of amides is 2. The molecule has 0 aliphatic heterocycles. The van der Waals surface area contributed by atoms with Crippen molar-refractivity contribution in [3.63, 3.8) is 0 Å². The average molecular weight is 401 g/mol. The van der Waals surface area contributed by atoms with Gasteiger partial charge in [-0.05, 0) is 61.6 Å². The number of thiocarbonyl (C=S) groups is 1. The fraction of sp³-hybridized carbons (Fsp3) is 0.250. The lowest BCUT2D eigenvalue weighted by Gasteiger charge is -2.11. The quantitative estimate of drug-likeness (QED) is 0.465. The lowest BCUT2D eigenvalue weighted by molar-refractivity contribution is -0.114. The van der Waals surface area contributed by atoms with Crippen LogP contribution in [-0.4, -0.2) is 36.7 Å². The largest absolute Gasteiger partial charge is 0.491 e. The molecule has 0 spiro atoms. The van der Waals surface area contributed by atoms with Gasteiger partial charge in [0, 0.05) is 30.5 Å². The van der Waals surface area contributed by atoms with E-state index in [0.29, 0.717) is 42.5 Å². The molecule has 2 aromatic carbocycles. The van der Waals surface area contributed by atoms with Crippen molar-refractivity contribution < 1.29 is 19.1 Å². The van der Waals surface area contributed by atoms with E-state index in [1.165, 1.54) is 6.92 Å². The standard InChI is InChI=1S/C20H23N3O4S/c1-3-26-11-12-27-18-6-4-5-15(13-18)19(25)23-20(28)22-17-9-7-16(8-10-17)21-14(2)24/h4-10,13H,3,11-12H2,1-2H3,(H,21,24)(H2,22,23,25,28). The fourth-order valence-corrected chi connectivity index (χ4v) is 2.48. The summed E-state index contributed by atoms with van der Waals surface area (Å²) in [5.74, 6) is 0.0926. The number of anilines is 2. The Bertz CT molecular complexity index is 824. The van der Waals surface area contributed by atoms with Gasteiger partial charge in [0.25, 0.3) is 5.91 Å². The van der Waals surface area contributed by atoms with Crippen molar-refractivity contribution in [1.29, 1.82) is 0 Å². The smallest absolute Gasteiger partial charge is 0.257 e. The van der Waals surface area contributed by atoms with E-state index < -0.39 is 0 Å². The third-order valence-electron chi connectivity index (χ3n) is 3.49. The van der Waals surface area contributed by atoms with Gasteiger partial charge in [0.2, 0.25) is 5.91 Å². The van der Waals surface area contributed by atoms with E-state index in [0.717, 1.165) is 0 Å². The van der Waals surface area contributed by atoms with Crippen molar-refractivity contribution in [1.82, 2.24) is 5.32 Å². The van der Waals surface area contributed by atoms with Crippen molar-refractivity contribution in [2.45, 2.75) is 13.8 Å². The van der Waals surface area contributed by atoms with Gasteiger partial charge in [0.15, 0.2) is 5.11 Å². The Hall–Kier alpha value is -2.97. The molecule has 3 N–H and O–H groups in total. The minimum Gasteiger partial charge on any atom is -0.491 e. The summed E-state index contributed by atoms with van der Waals surface area (Å²) < 4.78 is 10.8. The maximum atomic E-state index is 12.4. The third kappa shape index (κ3) is 7.34. The van der Waals surface area contributed by atoms with Crippen molar-refractivity contribution in [2.24, 2.45) is 0 Å². The summed E-state index contributed by atoms with van der Waals surface area (Å²) in [5, 5.41) is 8.40. The number of nitrogens with one attached hydrogen (secondary N) is 3. The van der Waals surface area contributed by atoms with E-state index in [1.807, 2.05) is 6.92 Å². The second-order valence-corrected chi connectivity index (χ2v) is 6.15. The first-order valence-corrected chi connectivity index (χ1v) is 9.19. The Labute approximate surface area is 169 Å². The Kier molecular flexibility index (Phi) is 8.38. The molecule has 0 radical (unpaired) electrons. The fourth-order valence-electron chi connectivity index (χ4n) is 2.27. The van der Waals surface area contributed by atoms with Crippen LogP contribution in [0.1, 0.15) is 24.2 Å². The monoisotopic (exact) mass is 401 g/mol. The molecule has 0 atom stereocenters. The highest BCUT2D eigenvalue weighted by Gasteiger charge is 2.09. The zero-order valence-corrected chi connectivity index (χ0v) is 16.6. The van der Waals surface area contributed by atoms with Crippen molar-refractivity contribution in [3.05, 3.63) is 54.1 Å². The van der Waals surface area contributed by atoms with Crippen LogP contribution < -0.4 is 20.7 Å². The van der Waals surface area contributed by atoms with E-state index in [-0.39, 0.29) is 16.9 Å². The van der Waals surface area contributed by atoms with Crippen LogP contribution in [0, 0.1) is 0 Å². The molecule has 0 saturated carbocycles. The topological polar surface area (TPSA) is 88.7 Å². The highest BCUT2D eigenvalue weighted by Crippen LogP contribution is 2.15. The minimum absolute atomic E-state index is 0.146. The van der Waals surface area contributed by atoms with Gasteiger partial charge in [0.1, 0.15) is 12.4 Å². The minimum atomic E-state index is -0.345. The number of carbonyl (C=O) groups is 2. The van der Waals surface area contributed by atoms with Crippen molar-refractivity contribution in [3.8, 4) is 5.75 Å². The molecular formula is C20H23N3O4S. The highest BCUT2D eigenvalue weighted by molar-refractivity contribution is 7.80. The summed E-state index contributed by atoms with van der Waals surface area (Å²) in [5.41, 5.74) is 1.79. The van der Waals surface area contributed by atoms with Crippen LogP contribution in [0.3, 0.4) is 0 Å².